The lowest BCUT2D eigenvalue weighted by Gasteiger charge is -2.38. The molecule has 2 N–H and O–H groups in total. The topological polar surface area (TPSA) is 111 Å². The van der Waals surface area contributed by atoms with Crippen LogP contribution in [0, 0.1) is 4.91 Å². The lowest BCUT2D eigenvalue weighted by Crippen LogP contribution is -2.43. The maximum absolute atomic E-state index is 10.8. The van der Waals surface area contributed by atoms with Crippen LogP contribution in [0.2, 0.25) is 0 Å². The molecule has 4 aromatic heterocycles. The molecule has 1 aliphatic carbocycles. The summed E-state index contributed by atoms with van der Waals surface area (Å²) in [6.45, 7) is 0. The first-order valence-electron chi connectivity index (χ1n) is 12.6. The molecule has 184 valence electrons. The summed E-state index contributed by atoms with van der Waals surface area (Å²) >= 11 is 0. The first kappa shape index (κ1) is 22.4. The van der Waals surface area contributed by atoms with E-state index in [1.165, 1.54) is 18.2 Å². The molecule has 38 heavy (non-hydrogen) atoms. The lowest BCUT2D eigenvalue weighted by molar-refractivity contribution is 0.253. The van der Waals surface area contributed by atoms with E-state index in [1.54, 1.807) is 12.1 Å². The number of hydrogen-bond acceptors (Lipinski definition) is 7. The molecule has 7 rings (SSSR count). The molecule has 4 heterocycles. The average Bonchev–Trinajstić information content (AvgIpc) is 3.40. The van der Waals surface area contributed by atoms with E-state index in [0.29, 0.717) is 17.2 Å². The Morgan fingerprint density at radius 2 is 1.71 bits per heavy atom. The minimum atomic E-state index is -0.201. The van der Waals surface area contributed by atoms with E-state index in [-0.39, 0.29) is 11.2 Å². The zero-order chi connectivity index (χ0) is 25.7. The van der Waals surface area contributed by atoms with Gasteiger partial charge in [0.05, 0.1) is 17.4 Å². The Bertz CT molecular complexity index is 1810. The average molecular weight is 498 g/mol. The monoisotopic (exact) mass is 497 g/mol. The molecule has 6 aromatic rings. The second-order valence-electron chi connectivity index (χ2n) is 9.80. The summed E-state index contributed by atoms with van der Waals surface area (Å²) in [6, 6.07) is 26.2. The van der Waals surface area contributed by atoms with Gasteiger partial charge >= 0.3 is 0 Å². The zero-order valence-electron chi connectivity index (χ0n) is 20.5. The Morgan fingerprint density at radius 1 is 0.895 bits per heavy atom. The smallest absolute Gasteiger partial charge is 0.187 e. The van der Waals surface area contributed by atoms with Gasteiger partial charge in [0.25, 0.3) is 0 Å². The van der Waals surface area contributed by atoms with Crippen molar-refractivity contribution in [2.75, 3.05) is 0 Å². The van der Waals surface area contributed by atoms with Crippen LogP contribution in [-0.2, 0) is 5.54 Å². The van der Waals surface area contributed by atoms with Gasteiger partial charge in [-0.3, -0.25) is 9.38 Å². The number of fused-ring (bicyclic) bond motifs is 3. The van der Waals surface area contributed by atoms with E-state index in [2.05, 4.69) is 62.8 Å². The number of nitroso groups, excluding NO2 is 1. The number of benzene rings is 2. The number of hydrogen-bond donors (Lipinski definition) is 1. The minimum Gasteiger partial charge on any atom is -0.321 e. The second kappa shape index (κ2) is 8.64. The first-order valence-corrected chi connectivity index (χ1v) is 12.6. The Labute approximate surface area is 218 Å². The summed E-state index contributed by atoms with van der Waals surface area (Å²) in [5, 5.41) is 12.7. The number of nitrogens with two attached hydrogens (primary N) is 1. The van der Waals surface area contributed by atoms with E-state index >= 15 is 0 Å². The van der Waals surface area contributed by atoms with Crippen molar-refractivity contribution in [3.05, 3.63) is 102 Å². The molecule has 0 saturated heterocycles. The number of nitrogens with zero attached hydrogens (tertiary/aromatic N) is 6. The Morgan fingerprint density at radius 3 is 2.39 bits per heavy atom. The Hall–Kier alpha value is -4.82. The molecule has 8 nitrogen and oxygen atoms in total. The van der Waals surface area contributed by atoms with Crippen LogP contribution in [0.15, 0.2) is 96.4 Å². The maximum atomic E-state index is 10.8. The van der Waals surface area contributed by atoms with Crippen molar-refractivity contribution in [1.82, 2.24) is 24.6 Å². The molecular weight excluding hydrogens is 474 g/mol. The number of rotatable bonds is 5. The molecule has 0 bridgehead atoms. The lowest BCUT2D eigenvalue weighted by atomic mass is 9.72. The van der Waals surface area contributed by atoms with E-state index in [4.69, 9.17) is 10.7 Å². The standard InChI is InChI=1S/C30H23N7O/c31-30(14-4-15-30)21-9-7-20(8-10-21)27-23(19-5-2-1-3-6-19)17-24-25(33-27)13-16-37-28(24)34-35-29(37)26-12-11-22(36-38)18-32-26/h1-3,5-13,16-18H,4,14-15,31H2. The molecule has 0 unspecified atom stereocenters. The molecule has 0 radical (unpaired) electrons. The van der Waals surface area contributed by atoms with Crippen LogP contribution in [0.4, 0.5) is 5.69 Å². The van der Waals surface area contributed by atoms with Crippen LogP contribution < -0.4 is 5.73 Å². The molecule has 0 spiro atoms. The van der Waals surface area contributed by atoms with Gasteiger partial charge < -0.3 is 5.73 Å². The molecular formula is C30H23N7O. The maximum Gasteiger partial charge on any atom is 0.187 e. The number of pyridine rings is 3. The molecule has 0 atom stereocenters. The molecule has 2 aromatic carbocycles. The van der Waals surface area contributed by atoms with Crippen molar-refractivity contribution >= 4 is 22.2 Å². The number of aromatic nitrogens is 5. The van der Waals surface area contributed by atoms with Gasteiger partial charge in [-0.25, -0.2) is 4.98 Å². The molecule has 0 aliphatic heterocycles. The van der Waals surface area contributed by atoms with E-state index in [1.807, 2.05) is 34.9 Å². The first-order chi connectivity index (χ1) is 18.6. The van der Waals surface area contributed by atoms with Crippen LogP contribution in [0.5, 0.6) is 0 Å². The highest BCUT2D eigenvalue weighted by molar-refractivity contribution is 5.98. The third kappa shape index (κ3) is 3.57. The highest BCUT2D eigenvalue weighted by atomic mass is 16.3. The summed E-state index contributed by atoms with van der Waals surface area (Å²) < 4.78 is 1.89. The summed E-state index contributed by atoms with van der Waals surface area (Å²) in [5.74, 6) is 0.576. The fourth-order valence-corrected chi connectivity index (χ4v) is 5.21. The molecule has 8 heteroatoms. The second-order valence-corrected chi connectivity index (χ2v) is 9.80. The van der Waals surface area contributed by atoms with Gasteiger partial charge in [0.1, 0.15) is 11.4 Å². The highest BCUT2D eigenvalue weighted by Crippen LogP contribution is 2.40. The summed E-state index contributed by atoms with van der Waals surface area (Å²) in [7, 11) is 0. The van der Waals surface area contributed by atoms with Crippen molar-refractivity contribution in [3.63, 3.8) is 0 Å². The van der Waals surface area contributed by atoms with Gasteiger partial charge in [-0.15, -0.1) is 15.1 Å². The van der Waals surface area contributed by atoms with Gasteiger partial charge in [-0.05, 0) is 59.8 Å². The predicted octanol–water partition coefficient (Wildman–Crippen LogP) is 6.41. The normalized spacial score (nSPS) is 14.4. The fourth-order valence-electron chi connectivity index (χ4n) is 5.21. The molecule has 0 amide bonds. The SMILES string of the molecule is NC1(c2ccc(-c3nc4ccn5c(-c6ccc(N=O)cn6)nnc5c4cc3-c3ccccc3)cc2)CCC1. The molecule has 1 saturated carbocycles. The van der Waals surface area contributed by atoms with Crippen molar-refractivity contribution in [1.29, 1.82) is 0 Å². The molecule has 1 fully saturated rings. The highest BCUT2D eigenvalue weighted by Gasteiger charge is 2.34. The van der Waals surface area contributed by atoms with Crippen LogP contribution >= 0.6 is 0 Å². The van der Waals surface area contributed by atoms with Crippen molar-refractivity contribution in [2.24, 2.45) is 10.9 Å². The van der Waals surface area contributed by atoms with Crippen LogP contribution in [-0.4, -0.2) is 24.6 Å². The predicted molar refractivity (Wildman–Crippen MR) is 148 cm³/mol. The summed E-state index contributed by atoms with van der Waals surface area (Å²) in [5.41, 5.74) is 13.9. The van der Waals surface area contributed by atoms with Gasteiger partial charge in [-0.2, -0.15) is 0 Å². The quantitative estimate of drug-likeness (QED) is 0.276. The Balaban J connectivity index is 1.40. The van der Waals surface area contributed by atoms with Crippen LogP contribution in [0.1, 0.15) is 24.8 Å². The van der Waals surface area contributed by atoms with Gasteiger partial charge in [0.2, 0.25) is 0 Å². The van der Waals surface area contributed by atoms with Crippen LogP contribution in [0.3, 0.4) is 0 Å². The fraction of sp³-hybridized carbons (Fsp3) is 0.133. The van der Waals surface area contributed by atoms with Gasteiger partial charge in [-0.1, -0.05) is 54.6 Å². The third-order valence-corrected chi connectivity index (χ3v) is 7.52. The van der Waals surface area contributed by atoms with Crippen LogP contribution in [0.25, 0.3) is 50.5 Å². The van der Waals surface area contributed by atoms with E-state index in [0.717, 1.165) is 46.1 Å². The Kier molecular flexibility index (Phi) is 5.09. The van der Waals surface area contributed by atoms with Gasteiger partial charge in [0, 0.05) is 28.2 Å². The molecule has 1 aliphatic rings. The minimum absolute atomic E-state index is 0.201. The van der Waals surface area contributed by atoms with E-state index in [9.17, 15) is 4.91 Å². The summed E-state index contributed by atoms with van der Waals surface area (Å²) in [4.78, 5) is 20.2. The van der Waals surface area contributed by atoms with Gasteiger partial charge in [0.15, 0.2) is 11.5 Å². The van der Waals surface area contributed by atoms with Crippen molar-refractivity contribution in [2.45, 2.75) is 24.8 Å². The van der Waals surface area contributed by atoms with Crippen molar-refractivity contribution < 1.29 is 0 Å². The summed E-state index contributed by atoms with van der Waals surface area (Å²) in [6.07, 6.45) is 6.56. The largest absolute Gasteiger partial charge is 0.321 e. The third-order valence-electron chi connectivity index (χ3n) is 7.52. The zero-order valence-corrected chi connectivity index (χ0v) is 20.5. The van der Waals surface area contributed by atoms with Crippen molar-refractivity contribution in [3.8, 4) is 33.9 Å². The van der Waals surface area contributed by atoms with E-state index < -0.39 is 0 Å².